The molecule has 0 saturated heterocycles. The van der Waals surface area contributed by atoms with Crippen LogP contribution >= 0.6 is 11.8 Å². The normalized spacial score (nSPS) is 13.3. The molecule has 0 aromatic heterocycles. The van der Waals surface area contributed by atoms with Gasteiger partial charge in [0.25, 0.3) is 0 Å². The van der Waals surface area contributed by atoms with Gasteiger partial charge in [-0.05, 0) is 29.3 Å². The molecule has 0 spiro atoms. The van der Waals surface area contributed by atoms with Crippen molar-refractivity contribution in [3.05, 3.63) is 64.7 Å². The van der Waals surface area contributed by atoms with E-state index in [1.165, 1.54) is 0 Å². The summed E-state index contributed by atoms with van der Waals surface area (Å²) in [6.45, 7) is 0. The lowest BCUT2D eigenvalue weighted by Crippen LogP contribution is -2.06. The molecule has 4 heteroatoms. The van der Waals surface area contributed by atoms with Gasteiger partial charge in [-0.25, -0.2) is 0 Å². The number of hydrogen-bond donors (Lipinski definition) is 1. The number of ketones is 1. The Hall–Kier alpha value is -2.07. The van der Waals surface area contributed by atoms with E-state index in [1.54, 1.807) is 23.9 Å². The van der Waals surface area contributed by atoms with E-state index in [0.29, 0.717) is 16.7 Å². The van der Waals surface area contributed by atoms with Crippen molar-refractivity contribution in [2.75, 3.05) is 0 Å². The Bertz CT molecular complexity index is 707. The van der Waals surface area contributed by atoms with Crippen molar-refractivity contribution >= 4 is 23.5 Å². The fourth-order valence-corrected chi connectivity index (χ4v) is 3.38. The molecule has 0 bridgehead atoms. The minimum absolute atomic E-state index is 0.0205. The van der Waals surface area contributed by atoms with Gasteiger partial charge in [-0.3, -0.25) is 9.59 Å². The first-order valence-corrected chi connectivity index (χ1v) is 7.24. The fraction of sp³-hybridized carbons (Fsp3) is 0.125. The highest BCUT2D eigenvalue weighted by atomic mass is 32.2. The number of carboxylic acid groups (broad SMARTS) is 1. The highest BCUT2D eigenvalue weighted by molar-refractivity contribution is 7.98. The number of aliphatic carboxylic acids is 1. The number of thioether (sulfide) groups is 1. The number of hydrogen-bond acceptors (Lipinski definition) is 3. The maximum atomic E-state index is 12.6. The van der Waals surface area contributed by atoms with Gasteiger partial charge >= 0.3 is 5.97 Å². The van der Waals surface area contributed by atoms with Crippen molar-refractivity contribution in [1.29, 1.82) is 0 Å². The Balaban J connectivity index is 2.08. The maximum absolute atomic E-state index is 12.6. The van der Waals surface area contributed by atoms with Crippen LogP contribution in [0.25, 0.3) is 0 Å². The van der Waals surface area contributed by atoms with Gasteiger partial charge in [0.2, 0.25) is 0 Å². The van der Waals surface area contributed by atoms with Crippen LogP contribution in [0.2, 0.25) is 0 Å². The van der Waals surface area contributed by atoms with Gasteiger partial charge in [0.05, 0.1) is 6.42 Å². The minimum atomic E-state index is -0.888. The van der Waals surface area contributed by atoms with Crippen LogP contribution in [0.5, 0.6) is 0 Å². The SMILES string of the molecule is O=C(O)Cc1ccc2c(c1)C(=O)c1ccccc1SC2. The van der Waals surface area contributed by atoms with E-state index in [-0.39, 0.29) is 12.2 Å². The molecule has 1 heterocycles. The Morgan fingerprint density at radius 1 is 1.15 bits per heavy atom. The van der Waals surface area contributed by atoms with Gasteiger partial charge in [0.1, 0.15) is 0 Å². The summed E-state index contributed by atoms with van der Waals surface area (Å²) in [5.41, 5.74) is 2.95. The predicted octanol–water partition coefficient (Wildman–Crippen LogP) is 3.15. The molecule has 0 fully saturated rings. The number of carbonyl (C=O) groups excluding carboxylic acids is 1. The summed E-state index contributed by atoms with van der Waals surface area (Å²) in [6.07, 6.45) is -0.0602. The third-order valence-corrected chi connectivity index (χ3v) is 4.41. The number of carboxylic acids is 1. The topological polar surface area (TPSA) is 54.4 Å². The first kappa shape index (κ1) is 12.9. The molecule has 0 atom stereocenters. The monoisotopic (exact) mass is 284 g/mol. The van der Waals surface area contributed by atoms with E-state index >= 15 is 0 Å². The molecule has 0 radical (unpaired) electrons. The lowest BCUT2D eigenvalue weighted by Gasteiger charge is -2.06. The highest BCUT2D eigenvalue weighted by Gasteiger charge is 2.21. The van der Waals surface area contributed by atoms with Crippen LogP contribution in [-0.4, -0.2) is 16.9 Å². The molecular weight excluding hydrogens is 272 g/mol. The predicted molar refractivity (Wildman–Crippen MR) is 77.2 cm³/mol. The Morgan fingerprint density at radius 3 is 2.75 bits per heavy atom. The second-order valence-corrected chi connectivity index (χ2v) is 5.69. The molecule has 0 amide bonds. The van der Waals surface area contributed by atoms with E-state index in [2.05, 4.69) is 0 Å². The van der Waals surface area contributed by atoms with Crippen molar-refractivity contribution in [3.8, 4) is 0 Å². The lowest BCUT2D eigenvalue weighted by molar-refractivity contribution is -0.136. The van der Waals surface area contributed by atoms with E-state index in [4.69, 9.17) is 5.11 Å². The molecule has 1 aliphatic rings. The number of fused-ring (bicyclic) bond motifs is 2. The fourth-order valence-electron chi connectivity index (χ4n) is 2.33. The number of benzene rings is 2. The Labute approximate surface area is 120 Å². The number of rotatable bonds is 2. The second-order valence-electron chi connectivity index (χ2n) is 4.68. The summed E-state index contributed by atoms with van der Waals surface area (Å²) in [5.74, 6) is -0.181. The Kier molecular flexibility index (Phi) is 3.32. The molecule has 3 rings (SSSR count). The zero-order valence-electron chi connectivity index (χ0n) is 10.6. The van der Waals surface area contributed by atoms with Crippen LogP contribution in [0, 0.1) is 0 Å². The van der Waals surface area contributed by atoms with Crippen LogP contribution in [0.15, 0.2) is 47.4 Å². The van der Waals surface area contributed by atoms with E-state index < -0.39 is 5.97 Å². The van der Waals surface area contributed by atoms with Gasteiger partial charge in [-0.15, -0.1) is 11.8 Å². The summed E-state index contributed by atoms with van der Waals surface area (Å²) in [6, 6.07) is 12.9. The molecular formula is C16H12O3S. The molecule has 0 unspecified atom stereocenters. The zero-order valence-corrected chi connectivity index (χ0v) is 11.4. The maximum Gasteiger partial charge on any atom is 0.307 e. The quantitative estimate of drug-likeness (QED) is 0.920. The molecule has 20 heavy (non-hydrogen) atoms. The van der Waals surface area contributed by atoms with Crippen LogP contribution in [0.1, 0.15) is 27.0 Å². The van der Waals surface area contributed by atoms with Gasteiger partial charge in [0.15, 0.2) is 5.78 Å². The van der Waals surface area contributed by atoms with Gasteiger partial charge < -0.3 is 5.11 Å². The van der Waals surface area contributed by atoms with Crippen molar-refractivity contribution in [2.24, 2.45) is 0 Å². The van der Waals surface area contributed by atoms with Gasteiger partial charge in [-0.1, -0.05) is 24.3 Å². The standard InChI is InChI=1S/C16H12O3S/c17-15(18)8-10-5-6-11-9-20-14-4-2-1-3-12(14)16(19)13(11)7-10/h1-7H,8-9H2,(H,17,18). The molecule has 2 aromatic rings. The third kappa shape index (κ3) is 2.34. The van der Waals surface area contributed by atoms with E-state index in [0.717, 1.165) is 16.2 Å². The smallest absolute Gasteiger partial charge is 0.307 e. The largest absolute Gasteiger partial charge is 0.481 e. The minimum Gasteiger partial charge on any atom is -0.481 e. The Morgan fingerprint density at radius 2 is 1.95 bits per heavy atom. The summed E-state index contributed by atoms with van der Waals surface area (Å²) in [5, 5.41) is 8.86. The average Bonchev–Trinajstić information content (AvgIpc) is 2.57. The second kappa shape index (κ2) is 5.13. The van der Waals surface area contributed by atoms with Crippen molar-refractivity contribution in [3.63, 3.8) is 0 Å². The summed E-state index contributed by atoms with van der Waals surface area (Å²) in [7, 11) is 0. The first-order chi connectivity index (χ1) is 9.65. The molecule has 1 N–H and O–H groups in total. The molecule has 0 saturated carbocycles. The third-order valence-electron chi connectivity index (χ3n) is 3.29. The van der Waals surface area contributed by atoms with Crippen molar-refractivity contribution < 1.29 is 14.7 Å². The lowest BCUT2D eigenvalue weighted by atomic mass is 9.96. The van der Waals surface area contributed by atoms with Crippen LogP contribution in [0.3, 0.4) is 0 Å². The van der Waals surface area contributed by atoms with Gasteiger partial charge in [-0.2, -0.15) is 0 Å². The van der Waals surface area contributed by atoms with Crippen molar-refractivity contribution in [1.82, 2.24) is 0 Å². The molecule has 0 aliphatic carbocycles. The number of carbonyl (C=O) groups is 2. The van der Waals surface area contributed by atoms with Crippen LogP contribution in [0.4, 0.5) is 0 Å². The van der Waals surface area contributed by atoms with Gasteiger partial charge in [0, 0.05) is 21.8 Å². The van der Waals surface area contributed by atoms with E-state index in [1.807, 2.05) is 30.3 Å². The highest BCUT2D eigenvalue weighted by Crippen LogP contribution is 2.33. The summed E-state index contributed by atoms with van der Waals surface area (Å²) >= 11 is 1.64. The molecule has 3 nitrogen and oxygen atoms in total. The summed E-state index contributed by atoms with van der Waals surface area (Å²) < 4.78 is 0. The van der Waals surface area contributed by atoms with Crippen LogP contribution in [-0.2, 0) is 17.0 Å². The molecule has 100 valence electrons. The molecule has 2 aromatic carbocycles. The van der Waals surface area contributed by atoms with Crippen molar-refractivity contribution in [2.45, 2.75) is 17.1 Å². The van der Waals surface area contributed by atoms with E-state index in [9.17, 15) is 9.59 Å². The first-order valence-electron chi connectivity index (χ1n) is 6.25. The van der Waals surface area contributed by atoms with Crippen LogP contribution < -0.4 is 0 Å². The zero-order chi connectivity index (χ0) is 14.1. The summed E-state index contributed by atoms with van der Waals surface area (Å²) in [4.78, 5) is 24.4. The average molecular weight is 284 g/mol. The molecule has 1 aliphatic heterocycles.